The molecule has 0 aliphatic carbocycles. The minimum Gasteiger partial charge on any atom is -0.370 e. The molecule has 2 nitrogen and oxygen atoms in total. The van der Waals surface area contributed by atoms with Crippen molar-refractivity contribution in [2.45, 2.75) is 20.0 Å². The molecule has 1 atom stereocenters. The zero-order valence-corrected chi connectivity index (χ0v) is 11.3. The maximum Gasteiger partial charge on any atom is 0.106 e. The van der Waals surface area contributed by atoms with E-state index in [0.29, 0.717) is 0 Å². The minimum absolute atomic E-state index is 0.0693. The van der Waals surface area contributed by atoms with Crippen molar-refractivity contribution in [2.75, 3.05) is 26.2 Å². The molecule has 1 aromatic rings. The number of hydrogen-bond donors (Lipinski definition) is 0. The van der Waals surface area contributed by atoms with Gasteiger partial charge in [0, 0.05) is 13.1 Å². The molecule has 0 N–H and O–H groups in total. The molecule has 0 bridgehead atoms. The highest BCUT2D eigenvalue weighted by Crippen LogP contribution is 2.16. The van der Waals surface area contributed by atoms with Crippen molar-refractivity contribution < 1.29 is 4.74 Å². The highest BCUT2D eigenvalue weighted by atomic mass is 32.1. The van der Waals surface area contributed by atoms with Gasteiger partial charge in [-0.25, -0.2) is 0 Å². The van der Waals surface area contributed by atoms with Gasteiger partial charge in [0.15, 0.2) is 0 Å². The van der Waals surface area contributed by atoms with Gasteiger partial charge in [0.25, 0.3) is 0 Å². The van der Waals surface area contributed by atoms with Crippen LogP contribution >= 0.6 is 12.2 Å². The van der Waals surface area contributed by atoms with Gasteiger partial charge < -0.3 is 4.74 Å². The molecule has 1 saturated heterocycles. The van der Waals surface area contributed by atoms with Crippen LogP contribution in [0.5, 0.6) is 0 Å². The Kier molecular flexibility index (Phi) is 4.26. The summed E-state index contributed by atoms with van der Waals surface area (Å²) in [6.07, 6.45) is 0.0693. The molecule has 92 valence electrons. The molecular formula is C14H19NOS. The lowest BCUT2D eigenvalue weighted by Gasteiger charge is -2.32. The molecule has 1 unspecified atom stereocenters. The molecule has 0 saturated carbocycles. The van der Waals surface area contributed by atoms with Gasteiger partial charge in [-0.1, -0.05) is 43.4 Å². The van der Waals surface area contributed by atoms with Crippen LogP contribution in [0, 0.1) is 6.92 Å². The molecule has 0 spiro atoms. The number of benzene rings is 1. The van der Waals surface area contributed by atoms with Crippen molar-refractivity contribution in [3.63, 3.8) is 0 Å². The Labute approximate surface area is 109 Å². The van der Waals surface area contributed by atoms with Crippen LogP contribution < -0.4 is 0 Å². The van der Waals surface area contributed by atoms with Crippen LogP contribution in [0.3, 0.4) is 0 Å². The summed E-state index contributed by atoms with van der Waals surface area (Å²) in [5.41, 5.74) is 2.39. The van der Waals surface area contributed by atoms with Crippen LogP contribution in [0.15, 0.2) is 24.3 Å². The second-order valence-electron chi connectivity index (χ2n) is 4.43. The average Bonchev–Trinajstić information content (AvgIpc) is 2.38. The third-order valence-electron chi connectivity index (χ3n) is 3.30. The second-order valence-corrected chi connectivity index (χ2v) is 4.87. The predicted octanol–water partition coefficient (Wildman–Crippen LogP) is 2.43. The molecule has 1 heterocycles. The number of ether oxygens (including phenoxy) is 1. The molecule has 1 fully saturated rings. The molecule has 2 rings (SSSR count). The maximum absolute atomic E-state index is 5.80. The summed E-state index contributed by atoms with van der Waals surface area (Å²) >= 11 is 5.58. The number of rotatable bonds is 3. The normalized spacial score (nSPS) is 21.4. The van der Waals surface area contributed by atoms with E-state index in [1.807, 2.05) is 12.1 Å². The molecular weight excluding hydrogens is 230 g/mol. The average molecular weight is 249 g/mol. The van der Waals surface area contributed by atoms with Crippen LogP contribution in [0.25, 0.3) is 0 Å². The predicted molar refractivity (Wildman–Crippen MR) is 74.7 cm³/mol. The number of nitrogens with zero attached hydrogens (tertiary/aromatic N) is 1. The second kappa shape index (κ2) is 5.71. The van der Waals surface area contributed by atoms with Crippen LogP contribution in [-0.2, 0) is 4.74 Å². The molecule has 0 aromatic heterocycles. The fourth-order valence-corrected chi connectivity index (χ4v) is 2.54. The minimum atomic E-state index is 0.0693. The number of thiocarbonyl (C=S) groups is 1. The van der Waals surface area contributed by atoms with E-state index in [-0.39, 0.29) is 6.10 Å². The van der Waals surface area contributed by atoms with Crippen LogP contribution in [0.1, 0.15) is 18.1 Å². The summed E-state index contributed by atoms with van der Waals surface area (Å²) in [5.74, 6) is 0. The highest BCUT2D eigenvalue weighted by molar-refractivity contribution is 7.81. The van der Waals surface area contributed by atoms with Crippen molar-refractivity contribution in [1.82, 2.24) is 4.90 Å². The van der Waals surface area contributed by atoms with E-state index < -0.39 is 0 Å². The lowest BCUT2D eigenvalue weighted by Crippen LogP contribution is -2.45. The summed E-state index contributed by atoms with van der Waals surface area (Å²) in [6.45, 7) is 8.06. The smallest absolute Gasteiger partial charge is 0.106 e. The molecule has 0 amide bonds. The van der Waals surface area contributed by atoms with Gasteiger partial charge in [0.1, 0.15) is 6.10 Å². The molecule has 1 aliphatic rings. The Morgan fingerprint density at radius 2 is 2.24 bits per heavy atom. The SMILES string of the molecule is CCN1CCOC(C(=S)c2ccccc2C)C1. The lowest BCUT2D eigenvalue weighted by atomic mass is 10.0. The molecule has 0 radical (unpaired) electrons. The van der Waals surface area contributed by atoms with E-state index >= 15 is 0 Å². The topological polar surface area (TPSA) is 12.5 Å². The fraction of sp³-hybridized carbons (Fsp3) is 0.500. The summed E-state index contributed by atoms with van der Waals surface area (Å²) in [7, 11) is 0. The number of likely N-dealkylation sites (N-methyl/N-ethyl adjacent to an activating group) is 1. The lowest BCUT2D eigenvalue weighted by molar-refractivity contribution is 0.0102. The molecule has 3 heteroatoms. The first kappa shape index (κ1) is 12.7. The van der Waals surface area contributed by atoms with Crippen LogP contribution in [0.4, 0.5) is 0 Å². The van der Waals surface area contributed by atoms with E-state index in [2.05, 4.69) is 30.9 Å². The van der Waals surface area contributed by atoms with Gasteiger partial charge in [-0.3, -0.25) is 4.90 Å². The third-order valence-corrected chi connectivity index (χ3v) is 3.78. The Morgan fingerprint density at radius 1 is 1.47 bits per heavy atom. The monoisotopic (exact) mass is 249 g/mol. The Balaban J connectivity index is 2.12. The first-order valence-electron chi connectivity index (χ1n) is 6.16. The molecule has 1 aromatic carbocycles. The summed E-state index contributed by atoms with van der Waals surface area (Å²) in [4.78, 5) is 3.33. The number of hydrogen-bond acceptors (Lipinski definition) is 3. The van der Waals surface area contributed by atoms with Crippen molar-refractivity contribution >= 4 is 17.1 Å². The molecule has 17 heavy (non-hydrogen) atoms. The van der Waals surface area contributed by atoms with Gasteiger partial charge in [0.2, 0.25) is 0 Å². The Bertz CT molecular complexity index is 405. The third kappa shape index (κ3) is 2.92. The summed E-state index contributed by atoms with van der Waals surface area (Å²) < 4.78 is 5.80. The van der Waals surface area contributed by atoms with Gasteiger partial charge >= 0.3 is 0 Å². The van der Waals surface area contributed by atoms with E-state index in [1.165, 1.54) is 5.56 Å². The van der Waals surface area contributed by atoms with Crippen molar-refractivity contribution in [3.05, 3.63) is 35.4 Å². The van der Waals surface area contributed by atoms with Gasteiger partial charge in [-0.15, -0.1) is 0 Å². The summed E-state index contributed by atoms with van der Waals surface area (Å²) in [5, 5.41) is 0. The highest BCUT2D eigenvalue weighted by Gasteiger charge is 2.24. The van der Waals surface area contributed by atoms with E-state index in [4.69, 9.17) is 17.0 Å². The largest absolute Gasteiger partial charge is 0.370 e. The van der Waals surface area contributed by atoms with Crippen molar-refractivity contribution in [2.24, 2.45) is 0 Å². The van der Waals surface area contributed by atoms with E-state index in [1.54, 1.807) is 0 Å². The maximum atomic E-state index is 5.80. The van der Waals surface area contributed by atoms with Crippen molar-refractivity contribution in [1.29, 1.82) is 0 Å². The van der Waals surface area contributed by atoms with E-state index in [9.17, 15) is 0 Å². The Morgan fingerprint density at radius 3 is 2.94 bits per heavy atom. The van der Waals surface area contributed by atoms with Crippen LogP contribution in [0.2, 0.25) is 0 Å². The number of morpholine rings is 1. The van der Waals surface area contributed by atoms with Crippen molar-refractivity contribution in [3.8, 4) is 0 Å². The summed E-state index contributed by atoms with van der Waals surface area (Å²) in [6, 6.07) is 8.27. The zero-order chi connectivity index (χ0) is 12.3. The fourth-order valence-electron chi connectivity index (χ4n) is 2.17. The zero-order valence-electron chi connectivity index (χ0n) is 10.5. The first-order chi connectivity index (χ1) is 8.22. The quantitative estimate of drug-likeness (QED) is 0.603. The van der Waals surface area contributed by atoms with Gasteiger partial charge in [-0.05, 0) is 24.6 Å². The van der Waals surface area contributed by atoms with Crippen LogP contribution in [-0.4, -0.2) is 42.1 Å². The first-order valence-corrected chi connectivity index (χ1v) is 6.57. The standard InChI is InChI=1S/C14H19NOS/c1-3-15-8-9-16-13(10-15)14(17)12-7-5-4-6-11(12)2/h4-7,13H,3,8-10H2,1-2H3. The number of aryl methyl sites for hydroxylation is 1. The van der Waals surface area contributed by atoms with E-state index in [0.717, 1.165) is 36.7 Å². The van der Waals surface area contributed by atoms with Gasteiger partial charge in [-0.2, -0.15) is 0 Å². The van der Waals surface area contributed by atoms with Gasteiger partial charge in [0.05, 0.1) is 11.5 Å². The Hall–Kier alpha value is -0.770. The molecule has 1 aliphatic heterocycles.